The molecule has 2 N–H and O–H groups in total. The number of aliphatic imine (C=N–C) groups is 1. The molecule has 0 bridgehead atoms. The number of amidine groups is 1. The average Bonchev–Trinajstić information content (AvgIpc) is 3.01. The van der Waals surface area contributed by atoms with Gasteiger partial charge in [0.1, 0.15) is 5.56 Å². The molecule has 0 aliphatic carbocycles. The summed E-state index contributed by atoms with van der Waals surface area (Å²) >= 11 is 6.86. The van der Waals surface area contributed by atoms with Gasteiger partial charge in [-0.25, -0.2) is 14.8 Å². The third-order valence-electron chi connectivity index (χ3n) is 3.66. The monoisotopic (exact) mass is 419 g/mol. The molecule has 1 aromatic heterocycles. The minimum absolute atomic E-state index is 0.0759. The third kappa shape index (κ3) is 4.10. The van der Waals surface area contributed by atoms with Crippen LogP contribution in [0.2, 0.25) is 5.02 Å². The van der Waals surface area contributed by atoms with Crippen LogP contribution >= 0.6 is 23.4 Å². The van der Waals surface area contributed by atoms with Crippen LogP contribution in [0, 0.1) is 0 Å². The van der Waals surface area contributed by atoms with E-state index in [1.807, 2.05) is 0 Å². The van der Waals surface area contributed by atoms with Gasteiger partial charge in [-0.2, -0.15) is 0 Å². The van der Waals surface area contributed by atoms with Crippen LogP contribution in [0.15, 0.2) is 40.4 Å². The lowest BCUT2D eigenvalue weighted by Crippen LogP contribution is -2.19. The fraction of sp³-hybridized carbons (Fsp3) is 0.111. The van der Waals surface area contributed by atoms with E-state index >= 15 is 0 Å². The van der Waals surface area contributed by atoms with Gasteiger partial charge in [0.05, 0.1) is 24.1 Å². The van der Waals surface area contributed by atoms with Crippen molar-refractivity contribution >= 4 is 52.3 Å². The second-order valence-corrected chi connectivity index (χ2v) is 6.85. The molecule has 1 aromatic carbocycles. The Morgan fingerprint density at radius 1 is 1.29 bits per heavy atom. The highest BCUT2D eigenvalue weighted by Crippen LogP contribution is 2.36. The van der Waals surface area contributed by atoms with Gasteiger partial charge in [-0.05, 0) is 41.6 Å². The van der Waals surface area contributed by atoms with Crippen molar-refractivity contribution in [2.75, 3.05) is 14.2 Å². The second kappa shape index (κ2) is 8.32. The van der Waals surface area contributed by atoms with Gasteiger partial charge in [0.15, 0.2) is 22.5 Å². The minimum Gasteiger partial charge on any atom is -0.493 e. The molecule has 3 rings (SSSR count). The van der Waals surface area contributed by atoms with E-state index in [9.17, 15) is 14.7 Å². The number of halogens is 1. The lowest BCUT2D eigenvalue weighted by molar-refractivity contribution is -0.115. The fourth-order valence-electron chi connectivity index (χ4n) is 2.44. The predicted molar refractivity (Wildman–Crippen MR) is 107 cm³/mol. The molecule has 0 atom stereocenters. The molecule has 0 radical (unpaired) electrons. The zero-order valence-electron chi connectivity index (χ0n) is 14.7. The van der Waals surface area contributed by atoms with Gasteiger partial charge < -0.3 is 19.9 Å². The Kier molecular flexibility index (Phi) is 5.86. The maximum absolute atomic E-state index is 12.3. The van der Waals surface area contributed by atoms with E-state index < -0.39 is 11.9 Å². The number of carbonyl (C=O) groups is 2. The number of carboxylic acid groups (broad SMARTS) is 1. The van der Waals surface area contributed by atoms with Crippen LogP contribution in [0.25, 0.3) is 6.08 Å². The number of hydrogen-bond donors (Lipinski definition) is 2. The smallest absolute Gasteiger partial charge is 0.340 e. The van der Waals surface area contributed by atoms with Crippen molar-refractivity contribution in [2.24, 2.45) is 4.99 Å². The molecule has 1 aliphatic heterocycles. The first-order chi connectivity index (χ1) is 13.4. The van der Waals surface area contributed by atoms with Crippen molar-refractivity contribution < 1.29 is 24.2 Å². The predicted octanol–water partition coefficient (Wildman–Crippen LogP) is 3.34. The molecule has 2 aromatic rings. The summed E-state index contributed by atoms with van der Waals surface area (Å²) in [6.45, 7) is 0. The van der Waals surface area contributed by atoms with E-state index in [-0.39, 0.29) is 22.0 Å². The van der Waals surface area contributed by atoms with Crippen LogP contribution in [0.3, 0.4) is 0 Å². The van der Waals surface area contributed by atoms with Crippen LogP contribution in [0.4, 0.5) is 5.82 Å². The molecule has 1 amide bonds. The first-order valence-electron chi connectivity index (χ1n) is 7.82. The van der Waals surface area contributed by atoms with Crippen molar-refractivity contribution in [1.82, 2.24) is 10.3 Å². The molecule has 0 unspecified atom stereocenters. The highest BCUT2D eigenvalue weighted by atomic mass is 35.5. The summed E-state index contributed by atoms with van der Waals surface area (Å²) in [6, 6.07) is 6.36. The number of nitrogens with zero attached hydrogens (tertiary/aromatic N) is 2. The summed E-state index contributed by atoms with van der Waals surface area (Å²) in [5.74, 6) is -0.867. The first kappa shape index (κ1) is 19.7. The van der Waals surface area contributed by atoms with Crippen molar-refractivity contribution in [3.8, 4) is 11.5 Å². The summed E-state index contributed by atoms with van der Waals surface area (Å²) in [6.07, 6.45) is 2.91. The Morgan fingerprint density at radius 3 is 2.68 bits per heavy atom. The van der Waals surface area contributed by atoms with Gasteiger partial charge in [-0.15, -0.1) is 0 Å². The van der Waals surface area contributed by atoms with Crippen molar-refractivity contribution in [3.05, 3.63) is 51.5 Å². The first-order valence-corrected chi connectivity index (χ1v) is 9.01. The normalized spacial score (nSPS) is 16.3. The lowest BCUT2D eigenvalue weighted by Gasteiger charge is -2.12. The number of benzene rings is 1. The molecule has 8 nitrogen and oxygen atoms in total. The van der Waals surface area contributed by atoms with E-state index in [4.69, 9.17) is 21.1 Å². The number of pyridine rings is 1. The topological polar surface area (TPSA) is 110 Å². The maximum Gasteiger partial charge on any atom is 0.340 e. The largest absolute Gasteiger partial charge is 0.493 e. The molecule has 1 fully saturated rings. The number of methoxy groups -OCH3 is 2. The van der Waals surface area contributed by atoms with Crippen molar-refractivity contribution in [1.29, 1.82) is 0 Å². The number of rotatable bonds is 5. The molecule has 1 aliphatic rings. The van der Waals surface area contributed by atoms with Gasteiger partial charge in [0.25, 0.3) is 5.91 Å². The molecule has 10 heteroatoms. The number of aromatic carboxylic acids is 1. The zero-order valence-corrected chi connectivity index (χ0v) is 16.3. The van der Waals surface area contributed by atoms with Crippen LogP contribution in [-0.2, 0) is 4.79 Å². The van der Waals surface area contributed by atoms with E-state index in [2.05, 4.69) is 15.3 Å². The number of ether oxygens (including phenoxy) is 2. The van der Waals surface area contributed by atoms with Crippen LogP contribution in [0.1, 0.15) is 15.9 Å². The summed E-state index contributed by atoms with van der Waals surface area (Å²) < 4.78 is 10.3. The van der Waals surface area contributed by atoms with Gasteiger partial charge in [0.2, 0.25) is 0 Å². The molecule has 2 heterocycles. The zero-order chi connectivity index (χ0) is 20.3. The second-order valence-electron chi connectivity index (χ2n) is 5.39. The number of aromatic nitrogens is 1. The summed E-state index contributed by atoms with van der Waals surface area (Å²) in [7, 11) is 2.76. The minimum atomic E-state index is -1.20. The molecule has 28 heavy (non-hydrogen) atoms. The maximum atomic E-state index is 12.3. The molecule has 0 saturated carbocycles. The molecule has 1 saturated heterocycles. The van der Waals surface area contributed by atoms with E-state index in [0.29, 0.717) is 21.6 Å². The van der Waals surface area contributed by atoms with Gasteiger partial charge in [0, 0.05) is 6.20 Å². The molecular weight excluding hydrogens is 406 g/mol. The number of amides is 1. The van der Waals surface area contributed by atoms with Gasteiger partial charge in [-0.1, -0.05) is 17.7 Å². The number of hydrogen-bond acceptors (Lipinski definition) is 7. The Hall–Kier alpha value is -3.04. The Bertz CT molecular complexity index is 1010. The number of carboxylic acids is 1. The van der Waals surface area contributed by atoms with E-state index in [1.165, 1.54) is 26.5 Å². The summed E-state index contributed by atoms with van der Waals surface area (Å²) in [5, 5.41) is 13.0. The number of nitrogens with one attached hydrogen (secondary N) is 1. The quantitative estimate of drug-likeness (QED) is 0.715. The highest BCUT2D eigenvalue weighted by Gasteiger charge is 2.26. The summed E-state index contributed by atoms with van der Waals surface area (Å²) in [5.41, 5.74) is 0.196. The highest BCUT2D eigenvalue weighted by molar-refractivity contribution is 8.18. The summed E-state index contributed by atoms with van der Waals surface area (Å²) in [4.78, 5) is 32.6. The van der Waals surface area contributed by atoms with E-state index in [1.54, 1.807) is 24.3 Å². The van der Waals surface area contributed by atoms with Crippen molar-refractivity contribution in [3.63, 3.8) is 0 Å². The third-order valence-corrected chi connectivity index (χ3v) is 4.79. The Labute approximate surface area is 169 Å². The van der Waals surface area contributed by atoms with Crippen LogP contribution in [-0.4, -0.2) is 41.4 Å². The van der Waals surface area contributed by atoms with Gasteiger partial charge in [-0.3, -0.25) is 4.79 Å². The molecular formula is C18H14ClN3O5S. The number of carbonyl (C=O) groups excluding carboxylic acids is 1. The lowest BCUT2D eigenvalue weighted by atomic mass is 10.0. The fourth-order valence-corrected chi connectivity index (χ4v) is 3.38. The standard InChI is InChI=1S/C18H14ClN3O5S/c1-26-11-5-3-9(14(17(24)25)15(11)27-2)7-12-16(23)22-18(28-12)21-13-6-4-10(19)8-20-13/h3-8H,1-2H3,(H,24,25)(H,20,21,22,23)/b12-7-. The molecule has 0 spiro atoms. The van der Waals surface area contributed by atoms with Gasteiger partial charge >= 0.3 is 5.97 Å². The van der Waals surface area contributed by atoms with Crippen LogP contribution in [0.5, 0.6) is 11.5 Å². The van der Waals surface area contributed by atoms with Crippen LogP contribution < -0.4 is 14.8 Å². The molecule has 144 valence electrons. The number of thioether (sulfide) groups is 1. The SMILES string of the molecule is COc1ccc(/C=C2\SC(=Nc3ccc(Cl)cn3)NC2=O)c(C(=O)O)c1OC. The van der Waals surface area contributed by atoms with E-state index in [0.717, 1.165) is 11.8 Å². The Morgan fingerprint density at radius 2 is 2.07 bits per heavy atom. The average molecular weight is 420 g/mol. The van der Waals surface area contributed by atoms with Crippen molar-refractivity contribution in [2.45, 2.75) is 0 Å². The Balaban J connectivity index is 1.97.